The first-order valence-electron chi connectivity index (χ1n) is 10.4. The number of amides is 1. The van der Waals surface area contributed by atoms with Gasteiger partial charge in [0.25, 0.3) is 0 Å². The van der Waals surface area contributed by atoms with Crippen molar-refractivity contribution in [2.75, 3.05) is 6.61 Å². The maximum absolute atomic E-state index is 13.4. The second kappa shape index (κ2) is 6.95. The second-order valence-corrected chi connectivity index (χ2v) is 9.76. The van der Waals surface area contributed by atoms with Gasteiger partial charge in [-0.25, -0.2) is 4.98 Å². The first kappa shape index (κ1) is 18.3. The minimum Gasteiger partial charge on any atom is -0.396 e. The van der Waals surface area contributed by atoms with Crippen molar-refractivity contribution in [2.24, 2.45) is 11.8 Å². The van der Waals surface area contributed by atoms with E-state index in [2.05, 4.69) is 10.1 Å². The van der Waals surface area contributed by atoms with Gasteiger partial charge < -0.3 is 14.5 Å². The topological polar surface area (TPSA) is 79.5 Å². The fraction of sp³-hybridized carbons (Fsp3) is 0.667. The molecule has 5 rings (SSSR count). The van der Waals surface area contributed by atoms with Crippen molar-refractivity contribution in [3.63, 3.8) is 0 Å². The number of aromatic nitrogens is 2. The van der Waals surface area contributed by atoms with Gasteiger partial charge in [-0.05, 0) is 58.3 Å². The van der Waals surface area contributed by atoms with Crippen LogP contribution in [0.2, 0.25) is 0 Å². The number of rotatable bonds is 3. The van der Waals surface area contributed by atoms with E-state index >= 15 is 0 Å². The Hall–Kier alpha value is -1.73. The van der Waals surface area contributed by atoms with Crippen LogP contribution in [0.4, 0.5) is 0 Å². The van der Waals surface area contributed by atoms with Crippen molar-refractivity contribution in [1.29, 1.82) is 0 Å². The van der Waals surface area contributed by atoms with Gasteiger partial charge in [0.05, 0.1) is 17.0 Å². The lowest BCUT2D eigenvalue weighted by molar-refractivity contribution is -0.141. The lowest BCUT2D eigenvalue weighted by Gasteiger charge is -2.40. The predicted octanol–water partition coefficient (Wildman–Crippen LogP) is 3.28. The highest BCUT2D eigenvalue weighted by Gasteiger charge is 2.45. The third kappa shape index (κ3) is 2.90. The lowest BCUT2D eigenvalue weighted by atomic mass is 9.86. The van der Waals surface area contributed by atoms with Gasteiger partial charge in [0, 0.05) is 35.9 Å². The molecule has 28 heavy (non-hydrogen) atoms. The van der Waals surface area contributed by atoms with Crippen LogP contribution in [-0.2, 0) is 17.6 Å². The lowest BCUT2D eigenvalue weighted by Crippen LogP contribution is -2.50. The highest BCUT2D eigenvalue weighted by molar-refractivity contribution is 7.15. The molecule has 6 nitrogen and oxygen atoms in total. The van der Waals surface area contributed by atoms with Gasteiger partial charge in [0.1, 0.15) is 10.8 Å². The van der Waals surface area contributed by atoms with Crippen LogP contribution in [0.3, 0.4) is 0 Å². The first-order valence-corrected chi connectivity index (χ1v) is 11.2. The number of fused-ring (bicyclic) bond motifs is 3. The minimum absolute atomic E-state index is 0.0425. The van der Waals surface area contributed by atoms with E-state index in [1.807, 2.05) is 13.8 Å². The summed E-state index contributed by atoms with van der Waals surface area (Å²) in [5, 5.41) is 14.6. The molecular formula is C21H27N3O3S. The maximum Gasteiger partial charge on any atom is 0.226 e. The molecule has 2 aromatic heterocycles. The Morgan fingerprint density at radius 1 is 1.25 bits per heavy atom. The number of carbonyl (C=O) groups excluding carboxylic acids is 1. The average molecular weight is 402 g/mol. The van der Waals surface area contributed by atoms with E-state index in [0.717, 1.165) is 72.7 Å². The SMILES string of the molecule is Cc1noc(C)c1-c1nc2c(s1)CCC(C(=O)N1[C@@H]3CC[C@H]1CC(CO)C3)C2. The smallest absolute Gasteiger partial charge is 0.226 e. The molecule has 7 heteroatoms. The average Bonchev–Trinajstić information content (AvgIpc) is 3.33. The van der Waals surface area contributed by atoms with Gasteiger partial charge in [-0.1, -0.05) is 5.16 Å². The van der Waals surface area contributed by atoms with E-state index < -0.39 is 0 Å². The van der Waals surface area contributed by atoms with Crippen LogP contribution < -0.4 is 0 Å². The van der Waals surface area contributed by atoms with Crippen LogP contribution in [0.5, 0.6) is 0 Å². The molecule has 3 aliphatic rings. The monoisotopic (exact) mass is 401 g/mol. The number of hydrogen-bond donors (Lipinski definition) is 1. The number of hydrogen-bond acceptors (Lipinski definition) is 6. The normalized spacial score (nSPS) is 29.2. The van der Waals surface area contributed by atoms with Gasteiger partial charge in [0.2, 0.25) is 5.91 Å². The van der Waals surface area contributed by atoms with E-state index in [9.17, 15) is 9.90 Å². The van der Waals surface area contributed by atoms with Crippen LogP contribution in [0.25, 0.3) is 10.6 Å². The van der Waals surface area contributed by atoms with Crippen molar-refractivity contribution in [3.05, 3.63) is 22.0 Å². The molecule has 2 unspecified atom stereocenters. The van der Waals surface area contributed by atoms with Crippen molar-refractivity contribution >= 4 is 17.2 Å². The van der Waals surface area contributed by atoms with Crippen molar-refractivity contribution in [3.8, 4) is 10.6 Å². The molecule has 0 radical (unpaired) electrons. The summed E-state index contributed by atoms with van der Waals surface area (Å²) >= 11 is 1.72. The zero-order valence-corrected chi connectivity index (χ0v) is 17.3. The number of aliphatic hydroxyl groups is 1. The van der Waals surface area contributed by atoms with Gasteiger partial charge in [-0.15, -0.1) is 11.3 Å². The van der Waals surface area contributed by atoms with Crippen LogP contribution in [-0.4, -0.2) is 44.7 Å². The van der Waals surface area contributed by atoms with E-state index in [0.29, 0.717) is 23.9 Å². The summed E-state index contributed by atoms with van der Waals surface area (Å²) in [7, 11) is 0. The molecule has 0 aromatic carbocycles. The van der Waals surface area contributed by atoms with Crippen molar-refractivity contribution < 1.29 is 14.4 Å². The summed E-state index contributed by atoms with van der Waals surface area (Å²) < 4.78 is 5.31. The molecule has 1 aliphatic carbocycles. The Bertz CT molecular complexity index is 871. The fourth-order valence-corrected chi connectivity index (χ4v) is 6.74. The summed E-state index contributed by atoms with van der Waals surface area (Å²) in [4.78, 5) is 21.8. The Morgan fingerprint density at radius 2 is 2.00 bits per heavy atom. The van der Waals surface area contributed by atoms with E-state index in [1.165, 1.54) is 4.88 Å². The van der Waals surface area contributed by atoms with Crippen LogP contribution >= 0.6 is 11.3 Å². The molecule has 4 atom stereocenters. The second-order valence-electron chi connectivity index (χ2n) is 8.68. The number of carbonyl (C=O) groups is 1. The van der Waals surface area contributed by atoms with E-state index in [1.54, 1.807) is 11.3 Å². The van der Waals surface area contributed by atoms with Gasteiger partial charge in [-0.3, -0.25) is 4.79 Å². The molecule has 0 spiro atoms. The first-order chi connectivity index (χ1) is 13.5. The zero-order valence-electron chi connectivity index (χ0n) is 16.5. The molecule has 2 aromatic rings. The quantitative estimate of drug-likeness (QED) is 0.854. The van der Waals surface area contributed by atoms with Crippen molar-refractivity contribution in [2.45, 2.75) is 70.9 Å². The Balaban J connectivity index is 1.35. The van der Waals surface area contributed by atoms with Gasteiger partial charge in [-0.2, -0.15) is 0 Å². The predicted molar refractivity (Wildman–Crippen MR) is 106 cm³/mol. The summed E-state index contributed by atoms with van der Waals surface area (Å²) in [6.07, 6.45) is 6.69. The molecule has 0 saturated carbocycles. The number of aryl methyl sites for hydroxylation is 3. The van der Waals surface area contributed by atoms with Gasteiger partial charge in [0.15, 0.2) is 0 Å². The molecule has 2 aliphatic heterocycles. The Morgan fingerprint density at radius 3 is 2.64 bits per heavy atom. The largest absolute Gasteiger partial charge is 0.396 e. The third-order valence-corrected chi connectivity index (χ3v) is 8.05. The number of thiazole rings is 1. The maximum atomic E-state index is 13.4. The summed E-state index contributed by atoms with van der Waals surface area (Å²) in [5.41, 5.74) is 2.97. The van der Waals surface area contributed by atoms with E-state index in [4.69, 9.17) is 9.51 Å². The summed E-state index contributed by atoms with van der Waals surface area (Å²) in [5.74, 6) is 1.54. The molecule has 4 heterocycles. The summed E-state index contributed by atoms with van der Waals surface area (Å²) in [6, 6.07) is 0.663. The molecule has 2 saturated heterocycles. The van der Waals surface area contributed by atoms with Crippen molar-refractivity contribution in [1.82, 2.24) is 15.0 Å². The molecule has 2 bridgehead atoms. The molecular weight excluding hydrogens is 374 g/mol. The van der Waals surface area contributed by atoms with Gasteiger partial charge >= 0.3 is 0 Å². The molecule has 150 valence electrons. The number of nitrogens with zero attached hydrogens (tertiary/aromatic N) is 3. The highest BCUT2D eigenvalue weighted by Crippen LogP contribution is 2.42. The van der Waals surface area contributed by atoms with Crippen LogP contribution in [0.15, 0.2) is 4.52 Å². The molecule has 1 amide bonds. The van der Waals surface area contributed by atoms with E-state index in [-0.39, 0.29) is 12.5 Å². The number of piperidine rings is 1. The third-order valence-electron chi connectivity index (χ3n) is 6.88. The van der Waals surface area contributed by atoms with Crippen LogP contribution in [0.1, 0.15) is 54.1 Å². The standard InChI is InChI=1S/C21H27N3O3S/c1-11-19(12(2)27-23-11)20-22-17-9-14(3-6-18(17)28-20)21(26)24-15-4-5-16(24)8-13(7-15)10-25/h13-16,25H,3-10H2,1-2H3/t13?,14?,15-,16+. The highest BCUT2D eigenvalue weighted by atomic mass is 32.1. The summed E-state index contributed by atoms with van der Waals surface area (Å²) in [6.45, 7) is 4.13. The number of aliphatic hydroxyl groups excluding tert-OH is 1. The fourth-order valence-electron chi connectivity index (χ4n) is 5.49. The Kier molecular flexibility index (Phi) is 4.55. The Labute approximate surface area is 168 Å². The van der Waals surface area contributed by atoms with Crippen LogP contribution in [0, 0.1) is 25.7 Å². The zero-order chi connectivity index (χ0) is 19.4. The minimum atomic E-state index is 0.0425. The molecule has 1 N–H and O–H groups in total. The molecule has 2 fully saturated rings.